The Balaban J connectivity index is 1.84. The van der Waals surface area contributed by atoms with E-state index in [4.69, 9.17) is 4.42 Å². The molecule has 0 saturated carbocycles. The van der Waals surface area contributed by atoms with Crippen molar-refractivity contribution in [3.05, 3.63) is 99.7 Å². The van der Waals surface area contributed by atoms with Crippen LogP contribution >= 0.6 is 0 Å². The Kier molecular flexibility index (Phi) is 4.45. The van der Waals surface area contributed by atoms with Crippen LogP contribution in [0.25, 0.3) is 55.0 Å². The maximum absolute atomic E-state index is 12.6. The van der Waals surface area contributed by atoms with Crippen molar-refractivity contribution >= 4 is 38.5 Å². The third-order valence-electron chi connectivity index (χ3n) is 6.88. The number of phenols is 1. The number of fused-ring (bicyclic) bond motifs is 4. The minimum absolute atomic E-state index is 0.0136. The van der Waals surface area contributed by atoms with Crippen molar-refractivity contribution < 1.29 is 19.4 Å². The molecular formula is C30H20O5. The summed E-state index contributed by atoms with van der Waals surface area (Å²) in [7, 11) is 0. The van der Waals surface area contributed by atoms with E-state index in [1.807, 2.05) is 32.0 Å². The molecule has 5 heteroatoms. The van der Waals surface area contributed by atoms with Gasteiger partial charge in [0.2, 0.25) is 0 Å². The Hall–Kier alpha value is -4.64. The van der Waals surface area contributed by atoms with Crippen molar-refractivity contribution in [2.75, 3.05) is 0 Å². The summed E-state index contributed by atoms with van der Waals surface area (Å²) in [5.41, 5.74) is 4.18. The number of aromatic carboxylic acids is 1. The highest BCUT2D eigenvalue weighted by Crippen LogP contribution is 2.44. The Morgan fingerprint density at radius 3 is 2.11 bits per heavy atom. The first-order valence-electron chi connectivity index (χ1n) is 11.2. The van der Waals surface area contributed by atoms with Gasteiger partial charge in [0.05, 0.1) is 5.56 Å². The Bertz CT molecular complexity index is 1880. The SMILES string of the molecule is Cc1c2ccccc2c(C)c2cc(-c3c4ccc(=O)cc-4oc4cc(O)ccc34)c(C(=O)O)cc12. The standard InChI is InChI=1S/C30H20O5/c1-15-19-5-3-4-6-20(19)16(2)24-14-26(30(33)34)25(13-23(15)24)29-21-9-7-17(31)11-27(21)35-28-12-18(32)8-10-22(28)29/h3-14,31H,1-2H3,(H,33,34). The molecular weight excluding hydrogens is 440 g/mol. The monoisotopic (exact) mass is 460 g/mol. The Morgan fingerprint density at radius 2 is 1.43 bits per heavy atom. The molecule has 1 aliphatic carbocycles. The predicted molar refractivity (Wildman–Crippen MR) is 138 cm³/mol. The molecule has 0 aromatic heterocycles. The highest BCUT2D eigenvalue weighted by Gasteiger charge is 2.23. The van der Waals surface area contributed by atoms with Crippen molar-refractivity contribution in [3.8, 4) is 28.2 Å². The first-order chi connectivity index (χ1) is 16.8. The smallest absolute Gasteiger partial charge is 0.336 e. The lowest BCUT2D eigenvalue weighted by Crippen LogP contribution is -2.04. The third-order valence-corrected chi connectivity index (χ3v) is 6.88. The van der Waals surface area contributed by atoms with Crippen molar-refractivity contribution in [1.82, 2.24) is 0 Å². The van der Waals surface area contributed by atoms with Gasteiger partial charge in [0, 0.05) is 28.6 Å². The van der Waals surface area contributed by atoms with E-state index < -0.39 is 5.97 Å². The van der Waals surface area contributed by atoms with Gasteiger partial charge < -0.3 is 14.6 Å². The van der Waals surface area contributed by atoms with Gasteiger partial charge in [-0.05, 0) is 88.5 Å². The average Bonchev–Trinajstić information content (AvgIpc) is 2.85. The van der Waals surface area contributed by atoms with E-state index in [0.717, 1.165) is 32.7 Å². The summed E-state index contributed by atoms with van der Waals surface area (Å²) >= 11 is 0. The lowest BCUT2D eigenvalue weighted by Gasteiger charge is -2.19. The maximum atomic E-state index is 12.6. The summed E-state index contributed by atoms with van der Waals surface area (Å²) in [6.45, 7) is 4.06. The predicted octanol–water partition coefficient (Wildman–Crippen LogP) is 6.89. The molecule has 0 amide bonds. The average molecular weight is 460 g/mol. The van der Waals surface area contributed by atoms with Crippen LogP contribution in [0.15, 0.2) is 82.0 Å². The van der Waals surface area contributed by atoms with Crippen LogP contribution in [-0.2, 0) is 0 Å². The topological polar surface area (TPSA) is 87.7 Å². The maximum Gasteiger partial charge on any atom is 0.336 e. The molecule has 0 spiro atoms. The van der Waals surface area contributed by atoms with Gasteiger partial charge in [-0.2, -0.15) is 0 Å². The molecule has 5 nitrogen and oxygen atoms in total. The number of hydrogen-bond donors (Lipinski definition) is 2. The van der Waals surface area contributed by atoms with Gasteiger partial charge in [0.25, 0.3) is 0 Å². The van der Waals surface area contributed by atoms with Crippen molar-refractivity contribution in [1.29, 1.82) is 0 Å². The summed E-state index contributed by atoms with van der Waals surface area (Å²) in [6, 6.07) is 21.0. The molecule has 6 rings (SSSR count). The van der Waals surface area contributed by atoms with E-state index in [9.17, 15) is 19.8 Å². The second-order valence-corrected chi connectivity index (χ2v) is 8.86. The first-order valence-corrected chi connectivity index (χ1v) is 11.2. The van der Waals surface area contributed by atoms with Gasteiger partial charge in [-0.15, -0.1) is 0 Å². The molecule has 0 atom stereocenters. The minimum Gasteiger partial charge on any atom is -0.508 e. The Morgan fingerprint density at radius 1 is 0.743 bits per heavy atom. The fraction of sp³-hybridized carbons (Fsp3) is 0.0667. The second kappa shape index (κ2) is 7.43. The van der Waals surface area contributed by atoms with Crippen LogP contribution in [-0.4, -0.2) is 16.2 Å². The van der Waals surface area contributed by atoms with Crippen LogP contribution in [0.4, 0.5) is 0 Å². The van der Waals surface area contributed by atoms with Crippen LogP contribution in [0.1, 0.15) is 21.5 Å². The first kappa shape index (κ1) is 20.9. The molecule has 1 aliphatic heterocycles. The van der Waals surface area contributed by atoms with Gasteiger partial charge in [0.15, 0.2) is 5.43 Å². The normalized spacial score (nSPS) is 11.6. The highest BCUT2D eigenvalue weighted by molar-refractivity contribution is 6.14. The van der Waals surface area contributed by atoms with E-state index in [2.05, 4.69) is 12.1 Å². The zero-order valence-electron chi connectivity index (χ0n) is 19.0. The molecule has 4 aromatic carbocycles. The van der Waals surface area contributed by atoms with Crippen LogP contribution in [0, 0.1) is 13.8 Å². The van der Waals surface area contributed by atoms with E-state index >= 15 is 0 Å². The zero-order valence-corrected chi connectivity index (χ0v) is 19.0. The molecule has 2 N–H and O–H groups in total. The molecule has 0 bridgehead atoms. The summed E-state index contributed by atoms with van der Waals surface area (Å²) in [6.07, 6.45) is 0. The number of aromatic hydroxyl groups is 1. The van der Waals surface area contributed by atoms with E-state index in [1.54, 1.807) is 24.3 Å². The molecule has 2 aliphatic rings. The van der Waals surface area contributed by atoms with Crippen molar-refractivity contribution in [2.24, 2.45) is 0 Å². The number of hydrogen-bond acceptors (Lipinski definition) is 4. The quantitative estimate of drug-likeness (QED) is 0.275. The summed E-state index contributed by atoms with van der Waals surface area (Å²) in [5, 5.41) is 25.0. The number of rotatable bonds is 2. The number of carboxylic acids is 1. The third kappa shape index (κ3) is 3.09. The lowest BCUT2D eigenvalue weighted by molar-refractivity contribution is 0.0698. The van der Waals surface area contributed by atoms with Gasteiger partial charge in [-0.25, -0.2) is 4.79 Å². The fourth-order valence-corrected chi connectivity index (χ4v) is 5.18. The lowest BCUT2D eigenvalue weighted by atomic mass is 9.86. The molecule has 0 unspecified atom stereocenters. The Labute approximate surface area is 199 Å². The fourth-order valence-electron chi connectivity index (χ4n) is 5.18. The van der Waals surface area contributed by atoms with Gasteiger partial charge in [0.1, 0.15) is 17.1 Å². The van der Waals surface area contributed by atoms with E-state index in [0.29, 0.717) is 33.4 Å². The number of aryl methyl sites for hydroxylation is 2. The molecule has 0 fully saturated rings. The molecule has 0 radical (unpaired) electrons. The van der Waals surface area contributed by atoms with Crippen LogP contribution in [0.2, 0.25) is 0 Å². The number of carboxylic acid groups (broad SMARTS) is 1. The summed E-state index contributed by atoms with van der Waals surface area (Å²) in [5.74, 6) is -0.707. The number of phenolic OH excluding ortho intramolecular Hbond substituents is 1. The van der Waals surface area contributed by atoms with Crippen molar-refractivity contribution in [3.63, 3.8) is 0 Å². The van der Waals surface area contributed by atoms with Crippen LogP contribution in [0.3, 0.4) is 0 Å². The van der Waals surface area contributed by atoms with E-state index in [-0.39, 0.29) is 16.7 Å². The van der Waals surface area contributed by atoms with Gasteiger partial charge in [-0.3, -0.25) is 4.79 Å². The summed E-state index contributed by atoms with van der Waals surface area (Å²) in [4.78, 5) is 24.7. The molecule has 35 heavy (non-hydrogen) atoms. The number of benzene rings is 5. The minimum atomic E-state index is -1.05. The van der Waals surface area contributed by atoms with Crippen LogP contribution in [0.5, 0.6) is 5.75 Å². The van der Waals surface area contributed by atoms with Crippen molar-refractivity contribution in [2.45, 2.75) is 13.8 Å². The van der Waals surface area contributed by atoms with Gasteiger partial charge in [-0.1, -0.05) is 24.3 Å². The molecule has 1 heterocycles. The van der Waals surface area contributed by atoms with Gasteiger partial charge >= 0.3 is 5.97 Å². The number of carbonyl (C=O) groups is 1. The highest BCUT2D eigenvalue weighted by atomic mass is 16.4. The van der Waals surface area contributed by atoms with E-state index in [1.165, 1.54) is 18.2 Å². The largest absolute Gasteiger partial charge is 0.508 e. The molecule has 170 valence electrons. The molecule has 0 saturated heterocycles. The van der Waals surface area contributed by atoms with Crippen LogP contribution < -0.4 is 5.43 Å². The molecule has 4 aromatic rings. The zero-order chi connectivity index (χ0) is 24.4. The summed E-state index contributed by atoms with van der Waals surface area (Å²) < 4.78 is 5.95. The second-order valence-electron chi connectivity index (χ2n) is 8.86.